The summed E-state index contributed by atoms with van der Waals surface area (Å²) in [6, 6.07) is 6.93. The quantitative estimate of drug-likeness (QED) is 0.192. The summed E-state index contributed by atoms with van der Waals surface area (Å²) in [5.41, 5.74) is 3.76. The van der Waals surface area contributed by atoms with E-state index in [1.807, 2.05) is 0 Å². The number of amides is 2. The molecule has 0 radical (unpaired) electrons. The lowest BCUT2D eigenvalue weighted by atomic mass is 10.0. The molecule has 2 aromatic rings. The van der Waals surface area contributed by atoms with E-state index in [1.165, 1.54) is 24.3 Å². The van der Waals surface area contributed by atoms with Crippen molar-refractivity contribution in [3.05, 3.63) is 36.4 Å². The number of benzene rings is 2. The molecule has 0 saturated heterocycles. The summed E-state index contributed by atoms with van der Waals surface area (Å²) in [6.07, 6.45) is 0. The Morgan fingerprint density at radius 3 is 1.56 bits per heavy atom. The van der Waals surface area contributed by atoms with Crippen molar-refractivity contribution in [1.29, 1.82) is 0 Å². The average Bonchev–Trinajstić information content (AvgIpc) is 2.74. The number of aliphatic hydroxyl groups excluding tert-OH is 3. The van der Waals surface area contributed by atoms with E-state index in [9.17, 15) is 21.6 Å². The molecule has 0 fully saturated rings. The van der Waals surface area contributed by atoms with E-state index in [-0.39, 0.29) is 23.9 Å². The van der Waals surface area contributed by atoms with E-state index in [4.69, 9.17) is 30.2 Å². The highest BCUT2D eigenvalue weighted by Gasteiger charge is 2.29. The van der Waals surface area contributed by atoms with Crippen LogP contribution in [-0.2, 0) is 20.2 Å². The molecule has 15 heteroatoms. The highest BCUT2D eigenvalue weighted by atomic mass is 32.2. The first kappa shape index (κ1) is 27.7. The van der Waals surface area contributed by atoms with Gasteiger partial charge in [-0.15, -0.1) is 0 Å². The fraction of sp³-hybridized carbons (Fsp3) is 0.353. The van der Waals surface area contributed by atoms with Crippen LogP contribution in [0.15, 0.2) is 46.2 Å². The maximum Gasteiger partial charge on any atom is 0.315 e. The number of hydrogen-bond donors (Lipinski definition) is 8. The molecule has 9 N–H and O–H groups in total. The summed E-state index contributed by atoms with van der Waals surface area (Å²) >= 11 is 0. The van der Waals surface area contributed by atoms with Crippen molar-refractivity contribution < 1.29 is 46.1 Å². The standard InChI is InChI=1S/C10H8O6S2.C7H17N3O4/c11-17(12,13)9-5-1-3-7-8(9)4-2-6-10(7)18(14,15)16;8-1-2-9-6(14)10-7(3-11,4-12)5-13/h1-6H,(H,11,12,13)(H,14,15,16);11-13H,1-5,8H2,(H2,9,10,14). The monoisotopic (exact) mass is 495 g/mol. The van der Waals surface area contributed by atoms with Crippen molar-refractivity contribution >= 4 is 37.0 Å². The number of hydrogen-bond acceptors (Lipinski definition) is 9. The van der Waals surface area contributed by atoms with E-state index in [0.29, 0.717) is 0 Å². The van der Waals surface area contributed by atoms with Gasteiger partial charge in [0.25, 0.3) is 20.2 Å². The SMILES string of the molecule is NCCNC(=O)NC(CO)(CO)CO.O=S(=O)(O)c1cccc2c(S(=O)(=O)O)cccc12. The largest absolute Gasteiger partial charge is 0.394 e. The molecule has 0 unspecified atom stereocenters. The Balaban J connectivity index is 0.000000333. The number of urea groups is 1. The van der Waals surface area contributed by atoms with E-state index in [2.05, 4.69) is 10.6 Å². The minimum Gasteiger partial charge on any atom is -0.394 e. The molecule has 0 aliphatic heterocycles. The van der Waals surface area contributed by atoms with Crippen LogP contribution < -0.4 is 16.4 Å². The van der Waals surface area contributed by atoms with Gasteiger partial charge in [0.1, 0.15) is 15.3 Å². The average molecular weight is 496 g/mol. The molecule has 0 atom stereocenters. The number of nitrogens with two attached hydrogens (primary N) is 1. The summed E-state index contributed by atoms with van der Waals surface area (Å²) in [5.74, 6) is 0. The molecule has 2 rings (SSSR count). The Kier molecular flexibility index (Phi) is 9.93. The highest BCUT2D eigenvalue weighted by Crippen LogP contribution is 2.27. The van der Waals surface area contributed by atoms with Gasteiger partial charge < -0.3 is 31.7 Å². The molecule has 0 heterocycles. The van der Waals surface area contributed by atoms with Gasteiger partial charge in [-0.1, -0.05) is 24.3 Å². The highest BCUT2D eigenvalue weighted by molar-refractivity contribution is 7.86. The zero-order valence-corrected chi connectivity index (χ0v) is 18.3. The molecule has 0 saturated carbocycles. The van der Waals surface area contributed by atoms with Crippen LogP contribution >= 0.6 is 0 Å². The van der Waals surface area contributed by atoms with Crippen LogP contribution in [0, 0.1) is 0 Å². The third-order valence-electron chi connectivity index (χ3n) is 4.11. The summed E-state index contributed by atoms with van der Waals surface area (Å²) < 4.78 is 62.7. The van der Waals surface area contributed by atoms with E-state index in [1.54, 1.807) is 0 Å². The van der Waals surface area contributed by atoms with Crippen molar-refractivity contribution in [3.63, 3.8) is 0 Å². The first-order valence-corrected chi connectivity index (χ1v) is 11.8. The number of rotatable bonds is 8. The summed E-state index contributed by atoms with van der Waals surface area (Å²) in [6.45, 7) is -1.07. The number of nitrogens with one attached hydrogen (secondary N) is 2. The number of aliphatic hydroxyl groups is 3. The molecule has 2 amide bonds. The maximum absolute atomic E-state index is 11.2. The van der Waals surface area contributed by atoms with Crippen LogP contribution in [0.5, 0.6) is 0 Å². The van der Waals surface area contributed by atoms with Crippen molar-refractivity contribution in [2.75, 3.05) is 32.9 Å². The van der Waals surface area contributed by atoms with Gasteiger partial charge in [-0.05, 0) is 12.1 Å². The van der Waals surface area contributed by atoms with E-state index < -0.39 is 61.4 Å². The second-order valence-corrected chi connectivity index (χ2v) is 9.26. The number of fused-ring (bicyclic) bond motifs is 1. The minimum absolute atomic E-state index is 0.0233. The third kappa shape index (κ3) is 7.35. The lowest BCUT2D eigenvalue weighted by Gasteiger charge is -2.28. The van der Waals surface area contributed by atoms with Crippen LogP contribution in [-0.4, -0.2) is 85.7 Å². The lowest BCUT2D eigenvalue weighted by molar-refractivity contribution is 0.0493. The Hall–Kier alpha value is -2.37. The van der Waals surface area contributed by atoms with Crippen LogP contribution in [0.4, 0.5) is 4.79 Å². The van der Waals surface area contributed by atoms with Gasteiger partial charge in [0, 0.05) is 23.9 Å². The molecule has 0 aliphatic carbocycles. The molecule has 13 nitrogen and oxygen atoms in total. The van der Waals surface area contributed by atoms with Crippen LogP contribution in [0.3, 0.4) is 0 Å². The van der Waals surface area contributed by atoms with Gasteiger partial charge in [0.15, 0.2) is 0 Å². The Labute approximate surface area is 184 Å². The third-order valence-corrected chi connectivity index (χ3v) is 5.94. The van der Waals surface area contributed by atoms with Gasteiger partial charge in [0.05, 0.1) is 19.8 Å². The Morgan fingerprint density at radius 2 is 1.25 bits per heavy atom. The normalized spacial score (nSPS) is 12.1. The summed E-state index contributed by atoms with van der Waals surface area (Å²) in [5, 5.41) is 31.3. The van der Waals surface area contributed by atoms with Crippen molar-refractivity contribution in [2.24, 2.45) is 5.73 Å². The first-order valence-electron chi connectivity index (χ1n) is 8.90. The summed E-state index contributed by atoms with van der Waals surface area (Å²) in [7, 11) is -8.94. The lowest BCUT2D eigenvalue weighted by Crippen LogP contribution is -2.59. The fourth-order valence-corrected chi connectivity index (χ4v) is 3.85. The topological polar surface area (TPSA) is 237 Å². The molecule has 0 bridgehead atoms. The molecule has 180 valence electrons. The van der Waals surface area contributed by atoms with Crippen molar-refractivity contribution in [2.45, 2.75) is 15.3 Å². The predicted octanol–water partition coefficient (Wildman–Crippen LogP) is -1.71. The van der Waals surface area contributed by atoms with E-state index >= 15 is 0 Å². The fourth-order valence-electron chi connectivity index (χ4n) is 2.44. The van der Waals surface area contributed by atoms with Crippen LogP contribution in [0.2, 0.25) is 0 Å². The summed E-state index contributed by atoms with van der Waals surface area (Å²) in [4.78, 5) is 10.3. The van der Waals surface area contributed by atoms with Crippen LogP contribution in [0.1, 0.15) is 0 Å². The number of carbonyl (C=O) groups is 1. The van der Waals surface area contributed by atoms with Crippen molar-refractivity contribution in [1.82, 2.24) is 10.6 Å². The molecule has 2 aromatic carbocycles. The Morgan fingerprint density at radius 1 is 0.844 bits per heavy atom. The van der Waals surface area contributed by atoms with Gasteiger partial charge in [0.2, 0.25) is 0 Å². The van der Waals surface area contributed by atoms with Gasteiger partial charge in [-0.25, -0.2) is 4.79 Å². The van der Waals surface area contributed by atoms with Crippen LogP contribution in [0.25, 0.3) is 10.8 Å². The van der Waals surface area contributed by atoms with Gasteiger partial charge in [-0.3, -0.25) is 9.11 Å². The van der Waals surface area contributed by atoms with Gasteiger partial charge >= 0.3 is 6.03 Å². The molecule has 32 heavy (non-hydrogen) atoms. The zero-order valence-electron chi connectivity index (χ0n) is 16.7. The van der Waals surface area contributed by atoms with Crippen molar-refractivity contribution in [3.8, 4) is 0 Å². The first-order chi connectivity index (χ1) is 14.8. The second-order valence-electron chi connectivity index (χ2n) is 6.48. The maximum atomic E-state index is 11.2. The number of carbonyl (C=O) groups excluding carboxylic acids is 1. The van der Waals surface area contributed by atoms with Gasteiger partial charge in [-0.2, -0.15) is 16.8 Å². The van der Waals surface area contributed by atoms with E-state index in [0.717, 1.165) is 12.1 Å². The molecule has 0 aromatic heterocycles. The molecular weight excluding hydrogens is 470 g/mol. The predicted molar refractivity (Wildman–Crippen MR) is 113 cm³/mol. The molecule has 0 spiro atoms. The Bertz CT molecular complexity index is 1050. The second kappa shape index (κ2) is 11.5. The minimum atomic E-state index is -4.47. The zero-order chi connectivity index (χ0) is 24.6. The molecule has 0 aliphatic rings. The molecular formula is C17H25N3O10S2. The smallest absolute Gasteiger partial charge is 0.315 e.